The minimum atomic E-state index is 0.240. The Morgan fingerprint density at radius 2 is 1.94 bits per heavy atom. The maximum atomic E-state index is 12.1. The molecule has 0 aromatic heterocycles. The van der Waals surface area contributed by atoms with E-state index in [4.69, 9.17) is 11.6 Å². The Labute approximate surface area is 113 Å². The molecule has 1 aromatic rings. The van der Waals surface area contributed by atoms with E-state index in [1.807, 2.05) is 29.2 Å². The Kier molecular flexibility index (Phi) is 4.61. The normalized spacial score (nSPS) is 17.6. The van der Waals surface area contributed by atoms with Crippen LogP contribution in [0.15, 0.2) is 24.3 Å². The zero-order valence-electron chi connectivity index (χ0n) is 10.7. The first-order valence-electron chi connectivity index (χ1n) is 6.41. The predicted octanol–water partition coefficient (Wildman–Crippen LogP) is 2.27. The van der Waals surface area contributed by atoms with Crippen molar-refractivity contribution in [3.05, 3.63) is 34.9 Å². The van der Waals surface area contributed by atoms with Crippen LogP contribution in [0.3, 0.4) is 0 Å². The van der Waals surface area contributed by atoms with Crippen molar-refractivity contribution in [1.29, 1.82) is 0 Å². The fourth-order valence-electron chi connectivity index (χ4n) is 2.21. The average molecular weight is 267 g/mol. The van der Waals surface area contributed by atoms with Crippen LogP contribution in [0.25, 0.3) is 0 Å². The summed E-state index contributed by atoms with van der Waals surface area (Å²) in [7, 11) is 0. The Morgan fingerprint density at radius 3 is 2.56 bits per heavy atom. The highest BCUT2D eigenvalue weighted by atomic mass is 35.5. The van der Waals surface area contributed by atoms with Crippen LogP contribution in [0, 0.1) is 0 Å². The SMILES string of the molecule is CC(CC(=O)N1CCNCC1)c1ccc(Cl)cc1. The molecule has 18 heavy (non-hydrogen) atoms. The van der Waals surface area contributed by atoms with Gasteiger partial charge in [-0.3, -0.25) is 4.79 Å². The Bertz CT molecular complexity index is 399. The summed E-state index contributed by atoms with van der Waals surface area (Å²) in [6.45, 7) is 5.55. The van der Waals surface area contributed by atoms with Crippen molar-refractivity contribution < 1.29 is 4.79 Å². The van der Waals surface area contributed by atoms with Gasteiger partial charge in [0, 0.05) is 37.6 Å². The third kappa shape index (κ3) is 3.47. The second kappa shape index (κ2) is 6.21. The Hall–Kier alpha value is -1.06. The van der Waals surface area contributed by atoms with E-state index in [1.165, 1.54) is 5.56 Å². The molecule has 1 amide bonds. The van der Waals surface area contributed by atoms with Crippen molar-refractivity contribution in [2.24, 2.45) is 0 Å². The first-order chi connectivity index (χ1) is 8.66. The second-order valence-electron chi connectivity index (χ2n) is 4.79. The van der Waals surface area contributed by atoms with Crippen LogP contribution in [0.4, 0.5) is 0 Å². The lowest BCUT2D eigenvalue weighted by Crippen LogP contribution is -2.46. The third-order valence-electron chi connectivity index (χ3n) is 3.39. The fourth-order valence-corrected chi connectivity index (χ4v) is 2.34. The lowest BCUT2D eigenvalue weighted by atomic mass is 9.97. The van der Waals surface area contributed by atoms with Crippen molar-refractivity contribution in [2.45, 2.75) is 19.3 Å². The van der Waals surface area contributed by atoms with Crippen molar-refractivity contribution in [3.63, 3.8) is 0 Å². The molecule has 0 aliphatic carbocycles. The molecule has 3 nitrogen and oxygen atoms in total. The van der Waals surface area contributed by atoms with Gasteiger partial charge in [-0.25, -0.2) is 0 Å². The number of piperazine rings is 1. The quantitative estimate of drug-likeness (QED) is 0.910. The van der Waals surface area contributed by atoms with Gasteiger partial charge in [0.15, 0.2) is 0 Å². The van der Waals surface area contributed by atoms with E-state index in [2.05, 4.69) is 12.2 Å². The molecule has 1 aromatic carbocycles. The molecule has 0 saturated carbocycles. The fraction of sp³-hybridized carbons (Fsp3) is 0.500. The number of carbonyl (C=O) groups is 1. The number of benzene rings is 1. The number of nitrogens with zero attached hydrogens (tertiary/aromatic N) is 1. The minimum absolute atomic E-state index is 0.240. The molecule has 4 heteroatoms. The van der Waals surface area contributed by atoms with Crippen LogP contribution in [-0.4, -0.2) is 37.0 Å². The molecule has 2 rings (SSSR count). The van der Waals surface area contributed by atoms with Gasteiger partial charge in [-0.1, -0.05) is 30.7 Å². The standard InChI is InChI=1S/C14H19ClN2O/c1-11(12-2-4-13(15)5-3-12)10-14(18)17-8-6-16-7-9-17/h2-5,11,16H,6-10H2,1H3. The van der Waals surface area contributed by atoms with Gasteiger partial charge < -0.3 is 10.2 Å². The van der Waals surface area contributed by atoms with Gasteiger partial charge in [0.25, 0.3) is 0 Å². The summed E-state index contributed by atoms with van der Waals surface area (Å²) in [5.74, 6) is 0.489. The maximum absolute atomic E-state index is 12.1. The van der Waals surface area contributed by atoms with Crippen LogP contribution in [0.1, 0.15) is 24.8 Å². The summed E-state index contributed by atoms with van der Waals surface area (Å²) in [6, 6.07) is 7.75. The van der Waals surface area contributed by atoms with E-state index in [0.29, 0.717) is 6.42 Å². The molecule has 1 aliphatic heterocycles. The molecule has 98 valence electrons. The number of carbonyl (C=O) groups excluding carboxylic acids is 1. The molecule has 0 spiro atoms. The van der Waals surface area contributed by atoms with Gasteiger partial charge in [0.2, 0.25) is 5.91 Å². The number of hydrogen-bond donors (Lipinski definition) is 1. The summed E-state index contributed by atoms with van der Waals surface area (Å²) in [6.07, 6.45) is 0.571. The number of halogens is 1. The zero-order chi connectivity index (χ0) is 13.0. The van der Waals surface area contributed by atoms with Crippen LogP contribution >= 0.6 is 11.6 Å². The second-order valence-corrected chi connectivity index (χ2v) is 5.22. The topological polar surface area (TPSA) is 32.3 Å². The third-order valence-corrected chi connectivity index (χ3v) is 3.64. The van der Waals surface area contributed by atoms with Gasteiger partial charge in [-0.15, -0.1) is 0 Å². The summed E-state index contributed by atoms with van der Waals surface area (Å²) in [4.78, 5) is 14.1. The average Bonchev–Trinajstić information content (AvgIpc) is 2.40. The molecule has 1 atom stereocenters. The summed E-state index contributed by atoms with van der Waals surface area (Å²) in [5.41, 5.74) is 1.17. The molecule has 1 fully saturated rings. The summed E-state index contributed by atoms with van der Waals surface area (Å²) < 4.78 is 0. The van der Waals surface area contributed by atoms with E-state index in [0.717, 1.165) is 31.2 Å². The molecule has 1 N–H and O–H groups in total. The van der Waals surface area contributed by atoms with E-state index in [9.17, 15) is 4.79 Å². The van der Waals surface area contributed by atoms with Gasteiger partial charge in [-0.2, -0.15) is 0 Å². The molecule has 1 aliphatic rings. The van der Waals surface area contributed by atoms with Crippen molar-refractivity contribution in [2.75, 3.05) is 26.2 Å². The van der Waals surface area contributed by atoms with Crippen molar-refractivity contribution >= 4 is 17.5 Å². The number of amides is 1. The number of rotatable bonds is 3. The predicted molar refractivity (Wildman–Crippen MR) is 73.9 cm³/mol. The van der Waals surface area contributed by atoms with E-state index in [-0.39, 0.29) is 11.8 Å². The molecule has 1 saturated heterocycles. The highest BCUT2D eigenvalue weighted by Gasteiger charge is 2.19. The molecule has 0 radical (unpaired) electrons. The van der Waals surface area contributed by atoms with E-state index in [1.54, 1.807) is 0 Å². The lowest BCUT2D eigenvalue weighted by molar-refractivity contribution is -0.132. The minimum Gasteiger partial charge on any atom is -0.340 e. The summed E-state index contributed by atoms with van der Waals surface area (Å²) in [5, 5.41) is 3.99. The molecule has 0 bridgehead atoms. The van der Waals surface area contributed by atoms with Gasteiger partial charge >= 0.3 is 0 Å². The van der Waals surface area contributed by atoms with Gasteiger partial charge in [-0.05, 0) is 23.6 Å². The van der Waals surface area contributed by atoms with Gasteiger partial charge in [0.1, 0.15) is 0 Å². The van der Waals surface area contributed by atoms with Crippen LogP contribution < -0.4 is 5.32 Å². The maximum Gasteiger partial charge on any atom is 0.223 e. The molecule has 1 unspecified atom stereocenters. The smallest absolute Gasteiger partial charge is 0.223 e. The molecular weight excluding hydrogens is 248 g/mol. The largest absolute Gasteiger partial charge is 0.340 e. The summed E-state index contributed by atoms with van der Waals surface area (Å²) >= 11 is 5.86. The molecule has 1 heterocycles. The molecular formula is C14H19ClN2O. The van der Waals surface area contributed by atoms with Gasteiger partial charge in [0.05, 0.1) is 0 Å². The van der Waals surface area contributed by atoms with Crippen LogP contribution in [-0.2, 0) is 4.79 Å². The number of nitrogens with one attached hydrogen (secondary N) is 1. The zero-order valence-corrected chi connectivity index (χ0v) is 11.4. The first kappa shape index (κ1) is 13.4. The Morgan fingerprint density at radius 1 is 1.33 bits per heavy atom. The van der Waals surface area contributed by atoms with Crippen molar-refractivity contribution in [3.8, 4) is 0 Å². The van der Waals surface area contributed by atoms with Crippen LogP contribution in [0.5, 0.6) is 0 Å². The van der Waals surface area contributed by atoms with E-state index < -0.39 is 0 Å². The monoisotopic (exact) mass is 266 g/mol. The number of hydrogen-bond acceptors (Lipinski definition) is 2. The lowest BCUT2D eigenvalue weighted by Gasteiger charge is -2.28. The highest BCUT2D eigenvalue weighted by molar-refractivity contribution is 6.30. The Balaban J connectivity index is 1.91. The highest BCUT2D eigenvalue weighted by Crippen LogP contribution is 2.21. The van der Waals surface area contributed by atoms with Crippen molar-refractivity contribution in [1.82, 2.24) is 10.2 Å². The van der Waals surface area contributed by atoms with Crippen LogP contribution in [0.2, 0.25) is 5.02 Å². The van der Waals surface area contributed by atoms with E-state index >= 15 is 0 Å². The first-order valence-corrected chi connectivity index (χ1v) is 6.78.